The molecular weight excluding hydrogens is 287 g/mol. The number of benzene rings is 1. The van der Waals surface area contributed by atoms with Gasteiger partial charge in [0.1, 0.15) is 0 Å². The van der Waals surface area contributed by atoms with Gasteiger partial charge in [0.25, 0.3) is 5.91 Å². The first-order chi connectivity index (χ1) is 10.6. The summed E-state index contributed by atoms with van der Waals surface area (Å²) in [5, 5.41) is 2.80. The quantitative estimate of drug-likeness (QED) is 0.898. The Labute approximate surface area is 129 Å². The van der Waals surface area contributed by atoms with Crippen LogP contribution in [0.25, 0.3) is 0 Å². The monoisotopic (exact) mass is 308 g/mol. The van der Waals surface area contributed by atoms with Gasteiger partial charge in [-0.3, -0.25) is 9.59 Å². The summed E-state index contributed by atoms with van der Waals surface area (Å²) < 4.78 is 18.5. The SMILES string of the molecule is CC(=O)N1CCC(CNC(=O)COc2ccccc2F)CC1. The molecule has 0 bridgehead atoms. The predicted molar refractivity (Wildman–Crippen MR) is 79.9 cm³/mol. The normalized spacial score (nSPS) is 15.5. The molecule has 0 atom stereocenters. The zero-order valence-corrected chi connectivity index (χ0v) is 12.7. The fourth-order valence-corrected chi connectivity index (χ4v) is 2.47. The van der Waals surface area contributed by atoms with E-state index < -0.39 is 5.82 Å². The molecule has 1 fully saturated rings. The molecule has 2 amide bonds. The van der Waals surface area contributed by atoms with Crippen molar-refractivity contribution in [2.45, 2.75) is 19.8 Å². The van der Waals surface area contributed by atoms with E-state index in [4.69, 9.17) is 4.74 Å². The van der Waals surface area contributed by atoms with Crippen molar-refractivity contribution >= 4 is 11.8 Å². The molecule has 1 aliphatic rings. The van der Waals surface area contributed by atoms with Gasteiger partial charge < -0.3 is 15.0 Å². The maximum absolute atomic E-state index is 13.3. The van der Waals surface area contributed by atoms with Crippen molar-refractivity contribution in [3.8, 4) is 5.75 Å². The number of carbonyl (C=O) groups is 2. The molecule has 1 N–H and O–H groups in total. The Morgan fingerprint density at radius 3 is 2.64 bits per heavy atom. The second-order valence-electron chi connectivity index (χ2n) is 5.47. The number of ether oxygens (including phenoxy) is 1. The number of rotatable bonds is 5. The zero-order chi connectivity index (χ0) is 15.9. The molecule has 1 saturated heterocycles. The second kappa shape index (κ2) is 7.77. The van der Waals surface area contributed by atoms with Crippen molar-refractivity contribution in [3.05, 3.63) is 30.1 Å². The molecular formula is C16H21FN2O3. The summed E-state index contributed by atoms with van der Waals surface area (Å²) in [6.45, 7) is 3.41. The second-order valence-corrected chi connectivity index (χ2v) is 5.47. The fraction of sp³-hybridized carbons (Fsp3) is 0.500. The third kappa shape index (κ3) is 4.72. The van der Waals surface area contributed by atoms with Crippen molar-refractivity contribution < 1.29 is 18.7 Å². The van der Waals surface area contributed by atoms with Crippen molar-refractivity contribution in [1.29, 1.82) is 0 Å². The number of carbonyl (C=O) groups excluding carboxylic acids is 2. The molecule has 5 nitrogen and oxygen atoms in total. The summed E-state index contributed by atoms with van der Waals surface area (Å²) in [4.78, 5) is 24.8. The molecule has 0 radical (unpaired) electrons. The Morgan fingerprint density at radius 2 is 2.00 bits per heavy atom. The Morgan fingerprint density at radius 1 is 1.32 bits per heavy atom. The molecule has 22 heavy (non-hydrogen) atoms. The van der Waals surface area contributed by atoms with Crippen molar-refractivity contribution in [2.24, 2.45) is 5.92 Å². The summed E-state index contributed by atoms with van der Waals surface area (Å²) in [5.41, 5.74) is 0. The molecule has 1 aromatic carbocycles. The van der Waals surface area contributed by atoms with Crippen LogP contribution in [0.3, 0.4) is 0 Å². The van der Waals surface area contributed by atoms with E-state index in [1.807, 2.05) is 4.90 Å². The summed E-state index contributed by atoms with van der Waals surface area (Å²) in [6, 6.07) is 5.99. The summed E-state index contributed by atoms with van der Waals surface area (Å²) in [6.07, 6.45) is 1.77. The molecule has 0 aromatic heterocycles. The van der Waals surface area contributed by atoms with Gasteiger partial charge in [-0.2, -0.15) is 0 Å². The lowest BCUT2D eigenvalue weighted by Gasteiger charge is -2.31. The van der Waals surface area contributed by atoms with E-state index >= 15 is 0 Å². The third-order valence-corrected chi connectivity index (χ3v) is 3.84. The molecule has 0 spiro atoms. The van der Waals surface area contributed by atoms with Gasteiger partial charge in [0.2, 0.25) is 5.91 Å². The van der Waals surface area contributed by atoms with E-state index in [-0.39, 0.29) is 24.2 Å². The average molecular weight is 308 g/mol. The molecule has 0 aliphatic carbocycles. The van der Waals surface area contributed by atoms with Crippen LogP contribution in [0, 0.1) is 11.7 Å². The van der Waals surface area contributed by atoms with Gasteiger partial charge in [-0.1, -0.05) is 12.1 Å². The number of hydrogen-bond donors (Lipinski definition) is 1. The Balaban J connectivity index is 1.66. The number of hydrogen-bond acceptors (Lipinski definition) is 3. The summed E-state index contributed by atoms with van der Waals surface area (Å²) in [5.74, 6) is -0.203. The van der Waals surface area contributed by atoms with Crippen LogP contribution in [0.5, 0.6) is 5.75 Å². The van der Waals surface area contributed by atoms with Crippen molar-refractivity contribution in [3.63, 3.8) is 0 Å². The molecule has 120 valence electrons. The fourth-order valence-electron chi connectivity index (χ4n) is 2.47. The molecule has 0 saturated carbocycles. The number of nitrogens with one attached hydrogen (secondary N) is 1. The highest BCUT2D eigenvalue weighted by molar-refractivity contribution is 5.77. The minimum Gasteiger partial charge on any atom is -0.481 e. The molecule has 1 aliphatic heterocycles. The van der Waals surface area contributed by atoms with Crippen molar-refractivity contribution in [1.82, 2.24) is 10.2 Å². The smallest absolute Gasteiger partial charge is 0.257 e. The minimum absolute atomic E-state index is 0.0763. The van der Waals surface area contributed by atoms with Gasteiger partial charge in [-0.05, 0) is 30.9 Å². The van der Waals surface area contributed by atoms with E-state index in [0.717, 1.165) is 25.9 Å². The van der Waals surface area contributed by atoms with Gasteiger partial charge >= 0.3 is 0 Å². The van der Waals surface area contributed by atoms with Crippen LogP contribution in [-0.4, -0.2) is 43.0 Å². The Hall–Kier alpha value is -2.11. The van der Waals surface area contributed by atoms with E-state index in [1.165, 1.54) is 12.1 Å². The van der Waals surface area contributed by atoms with Crippen LogP contribution in [0.4, 0.5) is 4.39 Å². The first-order valence-electron chi connectivity index (χ1n) is 7.46. The van der Waals surface area contributed by atoms with Gasteiger partial charge in [0.05, 0.1) is 0 Å². The minimum atomic E-state index is -0.480. The lowest BCUT2D eigenvalue weighted by Crippen LogP contribution is -2.41. The number of para-hydroxylation sites is 1. The van der Waals surface area contributed by atoms with Crippen LogP contribution in [0.15, 0.2) is 24.3 Å². The number of halogens is 1. The maximum atomic E-state index is 13.3. The molecule has 0 unspecified atom stereocenters. The van der Waals surface area contributed by atoms with Crippen LogP contribution >= 0.6 is 0 Å². The molecule has 2 rings (SSSR count). The van der Waals surface area contributed by atoms with Crippen LogP contribution in [-0.2, 0) is 9.59 Å². The van der Waals surface area contributed by atoms with E-state index in [9.17, 15) is 14.0 Å². The van der Waals surface area contributed by atoms with Crippen LogP contribution in [0.2, 0.25) is 0 Å². The van der Waals surface area contributed by atoms with E-state index in [0.29, 0.717) is 12.5 Å². The van der Waals surface area contributed by atoms with Crippen molar-refractivity contribution in [2.75, 3.05) is 26.2 Å². The summed E-state index contributed by atoms with van der Waals surface area (Å²) in [7, 11) is 0. The van der Waals surface area contributed by atoms with Gasteiger partial charge in [-0.15, -0.1) is 0 Å². The first kappa shape index (κ1) is 16.3. The molecule has 1 aromatic rings. The van der Waals surface area contributed by atoms with E-state index in [1.54, 1.807) is 19.1 Å². The molecule has 1 heterocycles. The average Bonchev–Trinajstić information content (AvgIpc) is 2.52. The van der Waals surface area contributed by atoms with E-state index in [2.05, 4.69) is 5.32 Å². The molecule has 6 heteroatoms. The van der Waals surface area contributed by atoms with Gasteiger partial charge in [0.15, 0.2) is 18.2 Å². The first-order valence-corrected chi connectivity index (χ1v) is 7.46. The predicted octanol–water partition coefficient (Wildman–Crippen LogP) is 1.58. The topological polar surface area (TPSA) is 58.6 Å². The standard InChI is InChI=1S/C16H21FN2O3/c1-12(20)19-8-6-13(7-9-19)10-18-16(21)11-22-15-5-3-2-4-14(15)17/h2-5,13H,6-11H2,1H3,(H,18,21). The van der Waals surface area contributed by atoms with Crippen LogP contribution < -0.4 is 10.1 Å². The Kier molecular flexibility index (Phi) is 5.75. The van der Waals surface area contributed by atoms with Crippen LogP contribution in [0.1, 0.15) is 19.8 Å². The Bertz CT molecular complexity index is 528. The lowest BCUT2D eigenvalue weighted by molar-refractivity contribution is -0.130. The maximum Gasteiger partial charge on any atom is 0.257 e. The highest BCUT2D eigenvalue weighted by Gasteiger charge is 2.21. The van der Waals surface area contributed by atoms with Gasteiger partial charge in [0, 0.05) is 26.6 Å². The number of likely N-dealkylation sites (tertiary alicyclic amines) is 1. The summed E-state index contributed by atoms with van der Waals surface area (Å²) >= 11 is 0. The highest BCUT2D eigenvalue weighted by Crippen LogP contribution is 2.17. The number of nitrogens with zero attached hydrogens (tertiary/aromatic N) is 1. The highest BCUT2D eigenvalue weighted by atomic mass is 19.1. The number of piperidine rings is 1. The third-order valence-electron chi connectivity index (χ3n) is 3.84. The largest absolute Gasteiger partial charge is 0.481 e. The van der Waals surface area contributed by atoms with Gasteiger partial charge in [-0.25, -0.2) is 4.39 Å². The zero-order valence-electron chi connectivity index (χ0n) is 12.7. The lowest BCUT2D eigenvalue weighted by atomic mass is 9.97. The number of amides is 2.